The molecule has 1 unspecified atom stereocenters. The van der Waals surface area contributed by atoms with Crippen molar-refractivity contribution >= 4 is 56.6 Å². The predicted octanol–water partition coefficient (Wildman–Crippen LogP) is 3.50. The number of imide groups is 1. The minimum absolute atomic E-state index is 0.196. The van der Waals surface area contributed by atoms with E-state index in [0.717, 1.165) is 32.4 Å². The third kappa shape index (κ3) is 4.24. The van der Waals surface area contributed by atoms with E-state index < -0.39 is 23.2 Å². The molecule has 2 amide bonds. The van der Waals surface area contributed by atoms with E-state index in [0.29, 0.717) is 0 Å². The molecular formula is C17H19BrN2O4S. The maximum absolute atomic E-state index is 12.5. The molecule has 0 aromatic heterocycles. The van der Waals surface area contributed by atoms with Crippen molar-refractivity contribution in [2.75, 3.05) is 25.6 Å². The molecule has 25 heavy (non-hydrogen) atoms. The Kier molecular flexibility index (Phi) is 6.29. The zero-order valence-electron chi connectivity index (χ0n) is 14.4. The molecule has 1 aliphatic heterocycles. The van der Waals surface area contributed by atoms with Gasteiger partial charge < -0.3 is 9.64 Å². The number of amides is 2. The molecule has 1 saturated heterocycles. The van der Waals surface area contributed by atoms with Crippen molar-refractivity contribution in [2.24, 2.45) is 0 Å². The first-order valence-corrected chi connectivity index (χ1v) is 9.27. The van der Waals surface area contributed by atoms with Crippen LogP contribution in [0.1, 0.15) is 19.4 Å². The molecule has 0 aliphatic carbocycles. The number of carbonyl (C=O) groups excluding carboxylic acids is 3. The van der Waals surface area contributed by atoms with E-state index >= 15 is 0 Å². The molecule has 8 heteroatoms. The summed E-state index contributed by atoms with van der Waals surface area (Å²) in [6.07, 6.45) is 1.65. The van der Waals surface area contributed by atoms with Crippen molar-refractivity contribution in [2.45, 2.75) is 19.9 Å². The van der Waals surface area contributed by atoms with Gasteiger partial charge in [-0.3, -0.25) is 14.5 Å². The number of rotatable bonds is 5. The second-order valence-corrected chi connectivity index (χ2v) is 7.43. The molecule has 0 N–H and O–H groups in total. The molecule has 134 valence electrons. The Bertz CT molecular complexity index is 748. The average Bonchev–Trinajstić information content (AvgIpc) is 2.80. The fraction of sp³-hybridized carbons (Fsp3) is 0.353. The van der Waals surface area contributed by atoms with Gasteiger partial charge in [0.05, 0.1) is 17.2 Å². The van der Waals surface area contributed by atoms with E-state index in [4.69, 9.17) is 4.74 Å². The van der Waals surface area contributed by atoms with E-state index in [1.54, 1.807) is 13.0 Å². The van der Waals surface area contributed by atoms with Gasteiger partial charge in [0.25, 0.3) is 11.1 Å². The van der Waals surface area contributed by atoms with Crippen molar-refractivity contribution in [3.63, 3.8) is 0 Å². The maximum atomic E-state index is 12.5. The van der Waals surface area contributed by atoms with Crippen molar-refractivity contribution in [1.29, 1.82) is 0 Å². The van der Waals surface area contributed by atoms with Crippen LogP contribution in [0.2, 0.25) is 0 Å². The fourth-order valence-corrected chi connectivity index (χ4v) is 3.97. The van der Waals surface area contributed by atoms with E-state index in [2.05, 4.69) is 15.9 Å². The lowest BCUT2D eigenvalue weighted by Gasteiger charge is -2.19. The third-order valence-corrected chi connectivity index (χ3v) is 5.11. The van der Waals surface area contributed by atoms with Gasteiger partial charge in [-0.05, 0) is 65.3 Å². The second kappa shape index (κ2) is 8.05. The fourth-order valence-electron chi connectivity index (χ4n) is 2.31. The van der Waals surface area contributed by atoms with Gasteiger partial charge in [0.15, 0.2) is 0 Å². The van der Waals surface area contributed by atoms with Crippen molar-refractivity contribution in [3.8, 4) is 0 Å². The predicted molar refractivity (Wildman–Crippen MR) is 102 cm³/mol. The zero-order chi connectivity index (χ0) is 18.7. The summed E-state index contributed by atoms with van der Waals surface area (Å²) >= 11 is 4.32. The normalized spacial score (nSPS) is 17.2. The first-order chi connectivity index (χ1) is 11.8. The van der Waals surface area contributed by atoms with Crippen LogP contribution < -0.4 is 4.90 Å². The first kappa shape index (κ1) is 19.5. The first-order valence-electron chi connectivity index (χ1n) is 7.66. The number of nitrogens with zero attached hydrogens (tertiary/aromatic N) is 2. The minimum Gasteiger partial charge on any atom is -0.464 e. The lowest BCUT2D eigenvalue weighted by Crippen LogP contribution is -2.42. The molecule has 0 saturated carbocycles. The standard InChI is InChI=1S/C17H19BrN2O4S/c1-5-24-16(22)10(2)20-15(21)14(25-17(20)23)9-11-6-7-13(19(3)4)12(18)8-11/h6-10H,5H2,1-4H3. The van der Waals surface area contributed by atoms with Gasteiger partial charge in [0.2, 0.25) is 0 Å². The monoisotopic (exact) mass is 426 g/mol. The van der Waals surface area contributed by atoms with Crippen LogP contribution in [0.3, 0.4) is 0 Å². The zero-order valence-corrected chi connectivity index (χ0v) is 16.8. The molecule has 1 atom stereocenters. The Morgan fingerprint density at radius 1 is 1.40 bits per heavy atom. The Morgan fingerprint density at radius 2 is 2.08 bits per heavy atom. The third-order valence-electron chi connectivity index (χ3n) is 3.59. The highest BCUT2D eigenvalue weighted by Crippen LogP contribution is 2.35. The maximum Gasteiger partial charge on any atom is 0.329 e. The van der Waals surface area contributed by atoms with Gasteiger partial charge >= 0.3 is 5.97 Å². The number of anilines is 1. The number of ether oxygens (including phenoxy) is 1. The summed E-state index contributed by atoms with van der Waals surface area (Å²) in [7, 11) is 3.86. The number of carbonyl (C=O) groups is 3. The molecule has 2 rings (SSSR count). The second-order valence-electron chi connectivity index (χ2n) is 5.59. The number of esters is 1. The molecule has 0 radical (unpaired) electrons. The minimum atomic E-state index is -0.943. The number of halogens is 1. The summed E-state index contributed by atoms with van der Waals surface area (Å²) < 4.78 is 5.77. The molecule has 1 aliphatic rings. The van der Waals surface area contributed by atoms with Crippen LogP contribution in [0.4, 0.5) is 10.5 Å². The SMILES string of the molecule is CCOC(=O)C(C)N1C(=O)SC(=Cc2ccc(N(C)C)c(Br)c2)C1=O. The number of benzene rings is 1. The molecule has 0 spiro atoms. The summed E-state index contributed by atoms with van der Waals surface area (Å²) in [4.78, 5) is 39.7. The average molecular weight is 427 g/mol. The van der Waals surface area contributed by atoms with Crippen LogP contribution in [0.5, 0.6) is 0 Å². The molecule has 0 bridgehead atoms. The summed E-state index contributed by atoms with van der Waals surface area (Å²) in [5.41, 5.74) is 1.79. The van der Waals surface area contributed by atoms with Crippen molar-refractivity contribution < 1.29 is 19.1 Å². The Hall–Kier alpha value is -1.80. The number of hydrogen-bond donors (Lipinski definition) is 0. The van der Waals surface area contributed by atoms with E-state index in [1.807, 2.05) is 37.2 Å². The van der Waals surface area contributed by atoms with Gasteiger partial charge in [-0.1, -0.05) is 6.07 Å². The van der Waals surface area contributed by atoms with Crippen LogP contribution >= 0.6 is 27.7 Å². The molecule has 6 nitrogen and oxygen atoms in total. The number of hydrogen-bond acceptors (Lipinski definition) is 6. The lowest BCUT2D eigenvalue weighted by molar-refractivity contribution is -0.150. The lowest BCUT2D eigenvalue weighted by atomic mass is 10.1. The molecule has 1 aromatic carbocycles. The van der Waals surface area contributed by atoms with Crippen LogP contribution in [0.15, 0.2) is 27.6 Å². The summed E-state index contributed by atoms with van der Waals surface area (Å²) in [5, 5.41) is -0.471. The quantitative estimate of drug-likeness (QED) is 0.530. The largest absolute Gasteiger partial charge is 0.464 e. The Labute approximate surface area is 159 Å². The van der Waals surface area contributed by atoms with Crippen LogP contribution in [0.25, 0.3) is 6.08 Å². The highest BCUT2D eigenvalue weighted by atomic mass is 79.9. The summed E-state index contributed by atoms with van der Waals surface area (Å²) in [5.74, 6) is -1.08. The van der Waals surface area contributed by atoms with Gasteiger partial charge in [0.1, 0.15) is 6.04 Å². The van der Waals surface area contributed by atoms with E-state index in [-0.39, 0.29) is 11.5 Å². The number of thioether (sulfide) groups is 1. The molecule has 1 aromatic rings. The summed E-state index contributed by atoms with van der Waals surface area (Å²) in [6.45, 7) is 3.36. The molecular weight excluding hydrogens is 408 g/mol. The van der Waals surface area contributed by atoms with Gasteiger partial charge in [-0.25, -0.2) is 4.79 Å². The van der Waals surface area contributed by atoms with E-state index in [1.165, 1.54) is 6.92 Å². The Morgan fingerprint density at radius 3 is 2.64 bits per heavy atom. The van der Waals surface area contributed by atoms with Gasteiger partial charge in [0, 0.05) is 18.6 Å². The van der Waals surface area contributed by atoms with Gasteiger partial charge in [-0.15, -0.1) is 0 Å². The highest BCUT2D eigenvalue weighted by Gasteiger charge is 2.41. The molecule has 1 heterocycles. The van der Waals surface area contributed by atoms with Crippen LogP contribution in [-0.2, 0) is 14.3 Å². The highest BCUT2D eigenvalue weighted by molar-refractivity contribution is 9.10. The smallest absolute Gasteiger partial charge is 0.329 e. The van der Waals surface area contributed by atoms with E-state index in [9.17, 15) is 14.4 Å². The van der Waals surface area contributed by atoms with Crippen molar-refractivity contribution in [1.82, 2.24) is 4.90 Å². The Balaban J connectivity index is 2.25. The van der Waals surface area contributed by atoms with Crippen LogP contribution in [-0.4, -0.2) is 48.8 Å². The van der Waals surface area contributed by atoms with Gasteiger partial charge in [-0.2, -0.15) is 0 Å². The summed E-state index contributed by atoms with van der Waals surface area (Å²) in [6, 6.07) is 4.71. The topological polar surface area (TPSA) is 66.9 Å². The van der Waals surface area contributed by atoms with Crippen LogP contribution in [0, 0.1) is 0 Å². The molecule has 1 fully saturated rings. The van der Waals surface area contributed by atoms with Crippen molar-refractivity contribution in [3.05, 3.63) is 33.1 Å².